The molecule has 0 saturated heterocycles. The van der Waals surface area contributed by atoms with Gasteiger partial charge in [-0.25, -0.2) is 8.42 Å². The smallest absolute Gasteiger partial charge is 0.239 e. The van der Waals surface area contributed by atoms with Crippen LogP contribution in [0.3, 0.4) is 0 Å². The minimum atomic E-state index is -3.34. The lowest BCUT2D eigenvalue weighted by Crippen LogP contribution is -2.25. The van der Waals surface area contributed by atoms with E-state index in [4.69, 9.17) is 4.84 Å². The van der Waals surface area contributed by atoms with Gasteiger partial charge in [0.05, 0.1) is 6.26 Å². The van der Waals surface area contributed by atoms with E-state index in [2.05, 4.69) is 4.98 Å². The molecule has 2 rings (SSSR count). The van der Waals surface area contributed by atoms with Gasteiger partial charge in [-0.15, -0.1) is 0 Å². The van der Waals surface area contributed by atoms with E-state index in [9.17, 15) is 8.42 Å². The summed E-state index contributed by atoms with van der Waals surface area (Å²) in [4.78, 5) is 9.88. The zero-order valence-corrected chi connectivity index (χ0v) is 8.84. The summed E-state index contributed by atoms with van der Waals surface area (Å²) in [5, 5.41) is 0.961. The third-order valence-electron chi connectivity index (χ3n) is 1.84. The largest absolute Gasteiger partial charge is 0.394 e. The van der Waals surface area contributed by atoms with Gasteiger partial charge in [0.2, 0.25) is 10.0 Å². The first-order valence-corrected chi connectivity index (χ1v) is 6.14. The number of sulfonamides is 1. The van der Waals surface area contributed by atoms with Crippen molar-refractivity contribution < 1.29 is 13.3 Å². The highest BCUT2D eigenvalue weighted by molar-refractivity contribution is 7.88. The van der Waals surface area contributed by atoms with Crippen molar-refractivity contribution >= 4 is 20.9 Å². The van der Waals surface area contributed by atoms with E-state index in [0.29, 0.717) is 5.75 Å². The highest BCUT2D eigenvalue weighted by atomic mass is 32.2. The number of hydrogen-bond donors (Lipinski definition) is 2. The van der Waals surface area contributed by atoms with Crippen molar-refractivity contribution in [3.8, 4) is 5.75 Å². The Morgan fingerprint density at radius 1 is 1.33 bits per heavy atom. The molecule has 0 fully saturated rings. The third-order valence-corrected chi connectivity index (χ3v) is 2.22. The summed E-state index contributed by atoms with van der Waals surface area (Å²) in [5.74, 6) is 0.451. The van der Waals surface area contributed by atoms with Crippen LogP contribution in [0.1, 0.15) is 0 Å². The number of aromatic amines is 1. The van der Waals surface area contributed by atoms with Crippen LogP contribution in [-0.4, -0.2) is 19.7 Å². The molecule has 0 aliphatic heterocycles. The molecule has 5 nitrogen and oxygen atoms in total. The predicted molar refractivity (Wildman–Crippen MR) is 56.9 cm³/mol. The lowest BCUT2D eigenvalue weighted by Gasteiger charge is -2.04. The highest BCUT2D eigenvalue weighted by Gasteiger charge is 2.02. The summed E-state index contributed by atoms with van der Waals surface area (Å²) < 4.78 is 21.6. The molecule has 0 spiro atoms. The summed E-state index contributed by atoms with van der Waals surface area (Å²) in [6.07, 6.45) is 2.83. The Morgan fingerprint density at radius 2 is 2.13 bits per heavy atom. The number of rotatable bonds is 3. The Balaban J connectivity index is 2.21. The number of hydrogen-bond acceptors (Lipinski definition) is 3. The van der Waals surface area contributed by atoms with E-state index in [1.54, 1.807) is 18.3 Å². The Morgan fingerprint density at radius 3 is 2.87 bits per heavy atom. The van der Waals surface area contributed by atoms with Gasteiger partial charge in [-0.2, -0.15) is 0 Å². The standard InChI is InChI=1S/C9H10N2O3S/c1-15(12,13)11-14-8-2-3-9-7(6-8)4-5-10-9/h2-6,10-11H,1H3. The van der Waals surface area contributed by atoms with E-state index >= 15 is 0 Å². The van der Waals surface area contributed by atoms with Gasteiger partial charge in [0, 0.05) is 17.1 Å². The normalized spacial score (nSPS) is 11.8. The van der Waals surface area contributed by atoms with Gasteiger partial charge < -0.3 is 9.82 Å². The van der Waals surface area contributed by atoms with Crippen LogP contribution in [0.25, 0.3) is 10.9 Å². The Kier molecular flexibility index (Phi) is 2.37. The molecule has 1 aromatic heterocycles. The Bertz CT molecular complexity index is 574. The zero-order valence-electron chi connectivity index (χ0n) is 8.02. The molecule has 0 atom stereocenters. The summed E-state index contributed by atoms with van der Waals surface area (Å²) >= 11 is 0. The molecule has 0 saturated carbocycles. The number of H-pyrrole nitrogens is 1. The van der Waals surface area contributed by atoms with Gasteiger partial charge >= 0.3 is 0 Å². The lowest BCUT2D eigenvalue weighted by molar-refractivity contribution is 0.270. The van der Waals surface area contributed by atoms with Crippen LogP contribution in [0.4, 0.5) is 0 Å². The lowest BCUT2D eigenvalue weighted by atomic mass is 10.2. The van der Waals surface area contributed by atoms with E-state index in [0.717, 1.165) is 17.2 Å². The number of aromatic nitrogens is 1. The van der Waals surface area contributed by atoms with Crippen molar-refractivity contribution in [1.29, 1.82) is 0 Å². The van der Waals surface area contributed by atoms with Gasteiger partial charge in [-0.05, 0) is 29.2 Å². The second-order valence-electron chi connectivity index (χ2n) is 3.18. The first-order valence-electron chi connectivity index (χ1n) is 4.25. The number of fused-ring (bicyclic) bond motifs is 1. The average Bonchev–Trinajstić information content (AvgIpc) is 2.60. The molecule has 2 N–H and O–H groups in total. The van der Waals surface area contributed by atoms with Gasteiger partial charge in [-0.3, -0.25) is 0 Å². The molecule has 2 aromatic rings. The fourth-order valence-electron chi connectivity index (χ4n) is 1.22. The molecule has 15 heavy (non-hydrogen) atoms. The van der Waals surface area contributed by atoms with Crippen molar-refractivity contribution in [3.63, 3.8) is 0 Å². The van der Waals surface area contributed by atoms with Crippen LogP contribution in [0.2, 0.25) is 0 Å². The molecule has 1 aromatic carbocycles. The summed E-state index contributed by atoms with van der Waals surface area (Å²) in [6.45, 7) is 0. The SMILES string of the molecule is CS(=O)(=O)NOc1ccc2[nH]ccc2c1. The maximum absolute atomic E-state index is 10.8. The molecule has 0 unspecified atom stereocenters. The fraction of sp³-hybridized carbons (Fsp3) is 0.111. The number of benzene rings is 1. The Hall–Kier alpha value is -1.53. The fourth-order valence-corrected chi connectivity index (χ4v) is 1.47. The zero-order chi connectivity index (χ0) is 10.9. The first-order chi connectivity index (χ1) is 7.04. The van der Waals surface area contributed by atoms with Crippen LogP contribution in [0.5, 0.6) is 5.75 Å². The summed E-state index contributed by atoms with van der Waals surface area (Å²) in [5.41, 5.74) is 0.974. The van der Waals surface area contributed by atoms with E-state index in [-0.39, 0.29) is 0 Å². The van der Waals surface area contributed by atoms with E-state index in [1.165, 1.54) is 0 Å². The summed E-state index contributed by atoms with van der Waals surface area (Å²) in [6, 6.07) is 7.11. The molecule has 0 radical (unpaired) electrons. The van der Waals surface area contributed by atoms with Crippen molar-refractivity contribution in [2.75, 3.05) is 6.26 Å². The topological polar surface area (TPSA) is 71.2 Å². The van der Waals surface area contributed by atoms with Gasteiger partial charge in [0.1, 0.15) is 5.75 Å². The van der Waals surface area contributed by atoms with Gasteiger partial charge in [0.15, 0.2) is 0 Å². The molecule has 1 heterocycles. The first kappa shape index (κ1) is 10.0. The summed E-state index contributed by atoms with van der Waals surface area (Å²) in [7, 11) is -3.34. The number of nitrogens with one attached hydrogen (secondary N) is 2. The van der Waals surface area contributed by atoms with Crippen LogP contribution in [0, 0.1) is 0 Å². The van der Waals surface area contributed by atoms with Crippen molar-refractivity contribution in [2.45, 2.75) is 0 Å². The monoisotopic (exact) mass is 226 g/mol. The van der Waals surface area contributed by atoms with Gasteiger partial charge in [0.25, 0.3) is 0 Å². The molecule has 0 amide bonds. The predicted octanol–water partition coefficient (Wildman–Crippen LogP) is 1.01. The van der Waals surface area contributed by atoms with Crippen LogP contribution in [0.15, 0.2) is 30.5 Å². The molecule has 0 bridgehead atoms. The average molecular weight is 226 g/mol. The van der Waals surface area contributed by atoms with Crippen LogP contribution < -0.4 is 9.72 Å². The maximum atomic E-state index is 10.8. The molecule has 80 valence electrons. The van der Waals surface area contributed by atoms with Crippen molar-refractivity contribution in [2.24, 2.45) is 0 Å². The minimum Gasteiger partial charge on any atom is -0.394 e. The second kappa shape index (κ2) is 3.56. The molecular weight excluding hydrogens is 216 g/mol. The van der Waals surface area contributed by atoms with E-state index < -0.39 is 10.0 Å². The van der Waals surface area contributed by atoms with Crippen molar-refractivity contribution in [3.05, 3.63) is 30.5 Å². The van der Waals surface area contributed by atoms with Crippen LogP contribution >= 0.6 is 0 Å². The van der Waals surface area contributed by atoms with Crippen molar-refractivity contribution in [1.82, 2.24) is 9.87 Å². The van der Waals surface area contributed by atoms with Crippen LogP contribution in [-0.2, 0) is 10.0 Å². The molecule has 6 heteroatoms. The molecule has 0 aliphatic carbocycles. The highest BCUT2D eigenvalue weighted by Crippen LogP contribution is 2.18. The van der Waals surface area contributed by atoms with Gasteiger partial charge in [-0.1, -0.05) is 0 Å². The minimum absolute atomic E-state index is 0.451. The molecule has 0 aliphatic rings. The van der Waals surface area contributed by atoms with E-state index in [1.807, 2.05) is 17.0 Å². The molecular formula is C9H10N2O3S. The maximum Gasteiger partial charge on any atom is 0.239 e. The Labute approximate surface area is 87.1 Å². The quantitative estimate of drug-likeness (QED) is 0.767. The second-order valence-corrected chi connectivity index (χ2v) is 4.90. The third kappa shape index (κ3) is 2.48.